The van der Waals surface area contributed by atoms with Crippen LogP contribution in [-0.4, -0.2) is 21.5 Å². The molecule has 1 aromatic heterocycles. The van der Waals surface area contributed by atoms with Gasteiger partial charge >= 0.3 is 0 Å². The topological polar surface area (TPSA) is 42.7 Å². The summed E-state index contributed by atoms with van der Waals surface area (Å²) in [5, 5.41) is 11.9. The van der Waals surface area contributed by atoms with Gasteiger partial charge in [0, 0.05) is 7.05 Å². The van der Waals surface area contributed by atoms with Gasteiger partial charge in [-0.2, -0.15) is 0 Å². The number of hydrogen-bond donors (Lipinski definition) is 1. The molecule has 1 atom stereocenters. The minimum atomic E-state index is 0.372. The Kier molecular flexibility index (Phi) is 5.39. The van der Waals surface area contributed by atoms with E-state index in [1.165, 1.54) is 37.8 Å². The van der Waals surface area contributed by atoms with Gasteiger partial charge in [0.25, 0.3) is 0 Å². The first-order valence-corrected chi connectivity index (χ1v) is 8.25. The zero-order valence-corrected chi connectivity index (χ0v) is 13.8. The molecule has 1 fully saturated rings. The van der Waals surface area contributed by atoms with Gasteiger partial charge in [-0.25, -0.2) is 4.68 Å². The Morgan fingerprint density at radius 2 is 2.00 bits per heavy atom. The van der Waals surface area contributed by atoms with Crippen molar-refractivity contribution in [2.24, 2.45) is 18.9 Å². The molecule has 0 aromatic carbocycles. The highest BCUT2D eigenvalue weighted by molar-refractivity contribution is 9.10. The second kappa shape index (κ2) is 6.84. The number of rotatable bonds is 5. The van der Waals surface area contributed by atoms with Crippen LogP contribution < -0.4 is 5.32 Å². The van der Waals surface area contributed by atoms with Crippen molar-refractivity contribution in [2.75, 3.05) is 6.54 Å². The molecule has 2 rings (SSSR count). The lowest BCUT2D eigenvalue weighted by Crippen LogP contribution is -2.32. The molecule has 0 amide bonds. The SMILES string of the molecule is CCNC(c1c(Br)nnn1C)C1CCC(CC)CC1. The third-order valence-electron chi connectivity index (χ3n) is 4.49. The number of aromatic nitrogens is 3. The number of nitrogens with zero attached hydrogens (tertiary/aromatic N) is 3. The lowest BCUT2D eigenvalue weighted by Gasteiger charge is -2.34. The highest BCUT2D eigenvalue weighted by Gasteiger charge is 2.31. The van der Waals surface area contributed by atoms with E-state index in [0.29, 0.717) is 12.0 Å². The number of halogens is 1. The van der Waals surface area contributed by atoms with Crippen molar-refractivity contribution in [2.45, 2.75) is 52.0 Å². The zero-order chi connectivity index (χ0) is 13.8. The van der Waals surface area contributed by atoms with Gasteiger partial charge < -0.3 is 5.32 Å². The van der Waals surface area contributed by atoms with E-state index in [-0.39, 0.29) is 0 Å². The highest BCUT2D eigenvalue weighted by Crippen LogP contribution is 2.39. The van der Waals surface area contributed by atoms with E-state index in [1.54, 1.807) is 0 Å². The van der Waals surface area contributed by atoms with Crippen LogP contribution in [0.1, 0.15) is 57.7 Å². The maximum atomic E-state index is 4.13. The summed E-state index contributed by atoms with van der Waals surface area (Å²) in [5.74, 6) is 1.64. The maximum absolute atomic E-state index is 4.13. The first-order chi connectivity index (χ1) is 9.17. The standard InChI is InChI=1S/C14H25BrN4/c1-4-10-6-8-11(9-7-10)12(16-5-2)13-14(15)17-18-19(13)3/h10-12,16H,4-9H2,1-3H3. The first kappa shape index (κ1) is 15.0. The fourth-order valence-corrected chi connectivity index (χ4v) is 3.88. The molecule has 19 heavy (non-hydrogen) atoms. The van der Waals surface area contributed by atoms with Crippen LogP contribution in [0.15, 0.2) is 4.60 Å². The Bertz CT molecular complexity index is 377. The van der Waals surface area contributed by atoms with Crippen molar-refractivity contribution in [3.63, 3.8) is 0 Å². The number of aryl methyl sites for hydroxylation is 1. The molecule has 108 valence electrons. The zero-order valence-electron chi connectivity index (χ0n) is 12.2. The Hall–Kier alpha value is -0.420. The molecule has 1 aromatic rings. The summed E-state index contributed by atoms with van der Waals surface area (Å²) in [4.78, 5) is 0. The third kappa shape index (κ3) is 3.37. The Balaban J connectivity index is 2.13. The predicted molar refractivity (Wildman–Crippen MR) is 80.9 cm³/mol. The van der Waals surface area contributed by atoms with Gasteiger partial charge in [-0.05, 0) is 47.2 Å². The quantitative estimate of drug-likeness (QED) is 0.900. The second-order valence-electron chi connectivity index (χ2n) is 5.61. The molecule has 0 spiro atoms. The van der Waals surface area contributed by atoms with Gasteiger partial charge in [0.2, 0.25) is 0 Å². The van der Waals surface area contributed by atoms with Crippen molar-refractivity contribution in [1.29, 1.82) is 0 Å². The minimum Gasteiger partial charge on any atom is -0.309 e. The average Bonchev–Trinajstić information content (AvgIpc) is 2.76. The van der Waals surface area contributed by atoms with Gasteiger partial charge in [-0.1, -0.05) is 38.3 Å². The van der Waals surface area contributed by atoms with E-state index in [2.05, 4.69) is 45.4 Å². The van der Waals surface area contributed by atoms with E-state index in [1.807, 2.05) is 11.7 Å². The van der Waals surface area contributed by atoms with E-state index in [0.717, 1.165) is 17.1 Å². The largest absolute Gasteiger partial charge is 0.309 e. The van der Waals surface area contributed by atoms with E-state index < -0.39 is 0 Å². The molecule has 1 aliphatic carbocycles. The normalized spacial score (nSPS) is 25.5. The van der Waals surface area contributed by atoms with Gasteiger partial charge in [-0.3, -0.25) is 0 Å². The molecule has 1 aliphatic rings. The van der Waals surface area contributed by atoms with Crippen molar-refractivity contribution < 1.29 is 0 Å². The molecular formula is C14H25BrN4. The van der Waals surface area contributed by atoms with Crippen LogP contribution in [-0.2, 0) is 7.05 Å². The molecule has 1 unspecified atom stereocenters. The number of nitrogens with one attached hydrogen (secondary N) is 1. The average molecular weight is 329 g/mol. The molecule has 0 bridgehead atoms. The summed E-state index contributed by atoms with van der Waals surface area (Å²) in [7, 11) is 1.98. The van der Waals surface area contributed by atoms with Gasteiger partial charge in [-0.15, -0.1) is 5.10 Å². The molecule has 1 saturated carbocycles. The molecule has 0 saturated heterocycles. The van der Waals surface area contributed by atoms with Crippen LogP contribution in [0.25, 0.3) is 0 Å². The van der Waals surface area contributed by atoms with Gasteiger partial charge in [0.15, 0.2) is 4.60 Å². The van der Waals surface area contributed by atoms with E-state index in [9.17, 15) is 0 Å². The lowest BCUT2D eigenvalue weighted by atomic mass is 9.77. The van der Waals surface area contributed by atoms with Crippen molar-refractivity contribution in [1.82, 2.24) is 20.3 Å². The molecule has 4 nitrogen and oxygen atoms in total. The summed E-state index contributed by atoms with van der Waals surface area (Å²) in [6.45, 7) is 5.47. The Labute approximate surface area is 124 Å². The fraction of sp³-hybridized carbons (Fsp3) is 0.857. The van der Waals surface area contributed by atoms with E-state index in [4.69, 9.17) is 0 Å². The van der Waals surface area contributed by atoms with Crippen LogP contribution in [0.3, 0.4) is 0 Å². The van der Waals surface area contributed by atoms with Gasteiger partial charge in [0.05, 0.1) is 11.7 Å². The Morgan fingerprint density at radius 3 is 2.47 bits per heavy atom. The van der Waals surface area contributed by atoms with Crippen molar-refractivity contribution >= 4 is 15.9 Å². The van der Waals surface area contributed by atoms with E-state index >= 15 is 0 Å². The van der Waals surface area contributed by atoms with Crippen LogP contribution in [0, 0.1) is 11.8 Å². The minimum absolute atomic E-state index is 0.372. The maximum Gasteiger partial charge on any atom is 0.153 e. The molecule has 0 aliphatic heterocycles. The molecular weight excluding hydrogens is 304 g/mol. The molecule has 1 heterocycles. The monoisotopic (exact) mass is 328 g/mol. The van der Waals surface area contributed by atoms with Crippen LogP contribution >= 0.6 is 15.9 Å². The van der Waals surface area contributed by atoms with Crippen molar-refractivity contribution in [3.05, 3.63) is 10.3 Å². The summed E-state index contributed by atoms with van der Waals surface area (Å²) >= 11 is 3.55. The van der Waals surface area contributed by atoms with Crippen LogP contribution in [0.4, 0.5) is 0 Å². The molecule has 0 radical (unpaired) electrons. The third-order valence-corrected chi connectivity index (χ3v) is 5.05. The molecule has 5 heteroatoms. The molecule has 1 N–H and O–H groups in total. The number of hydrogen-bond acceptors (Lipinski definition) is 3. The second-order valence-corrected chi connectivity index (χ2v) is 6.36. The summed E-state index contributed by atoms with van der Waals surface area (Å²) < 4.78 is 2.79. The van der Waals surface area contributed by atoms with Crippen molar-refractivity contribution in [3.8, 4) is 0 Å². The first-order valence-electron chi connectivity index (χ1n) is 7.45. The summed E-state index contributed by atoms with van der Waals surface area (Å²) in [6.07, 6.45) is 6.69. The lowest BCUT2D eigenvalue weighted by molar-refractivity contribution is 0.214. The van der Waals surface area contributed by atoms with Crippen LogP contribution in [0.2, 0.25) is 0 Å². The predicted octanol–water partition coefficient (Wildman–Crippen LogP) is 3.44. The smallest absolute Gasteiger partial charge is 0.153 e. The summed E-state index contributed by atoms with van der Waals surface area (Å²) in [5.41, 5.74) is 1.20. The van der Waals surface area contributed by atoms with Crippen LogP contribution in [0.5, 0.6) is 0 Å². The van der Waals surface area contributed by atoms with Gasteiger partial charge in [0.1, 0.15) is 0 Å². The Morgan fingerprint density at radius 1 is 1.32 bits per heavy atom. The fourth-order valence-electron chi connectivity index (χ4n) is 3.31. The summed E-state index contributed by atoms with van der Waals surface area (Å²) in [6, 6.07) is 0.372. The highest BCUT2D eigenvalue weighted by atomic mass is 79.9.